The third-order valence-corrected chi connectivity index (χ3v) is 12.0. The van der Waals surface area contributed by atoms with Crippen LogP contribution in [-0.2, 0) is 0 Å². The topological polar surface area (TPSA) is 16.4 Å². The van der Waals surface area contributed by atoms with Gasteiger partial charge in [-0.15, -0.1) is 0 Å². The van der Waals surface area contributed by atoms with Gasteiger partial charge < -0.3 is 9.32 Å². The van der Waals surface area contributed by atoms with Gasteiger partial charge in [-0.1, -0.05) is 164 Å². The van der Waals surface area contributed by atoms with Crippen LogP contribution in [0.3, 0.4) is 0 Å². The molecule has 0 unspecified atom stereocenters. The van der Waals surface area contributed by atoms with Crippen molar-refractivity contribution in [1.82, 2.24) is 0 Å². The summed E-state index contributed by atoms with van der Waals surface area (Å²) in [6, 6.07) is 77.2. The summed E-state index contributed by atoms with van der Waals surface area (Å²) in [5, 5.41) is 14.6. The zero-order valence-electron chi connectivity index (χ0n) is 31.6. The number of fused-ring (bicyclic) bond motifs is 10. The molecule has 1 heterocycles. The maximum atomic E-state index is 6.44. The molecule has 2 nitrogen and oxygen atoms in total. The fourth-order valence-electron chi connectivity index (χ4n) is 9.25. The highest BCUT2D eigenvalue weighted by molar-refractivity contribution is 6.15. The van der Waals surface area contributed by atoms with Gasteiger partial charge in [0.05, 0.1) is 11.4 Å². The lowest BCUT2D eigenvalue weighted by molar-refractivity contribution is 0.669. The summed E-state index contributed by atoms with van der Waals surface area (Å²) in [5.41, 5.74) is 9.80. The van der Waals surface area contributed by atoms with Crippen LogP contribution in [0.15, 0.2) is 217 Å². The average Bonchev–Trinajstić information content (AvgIpc) is 3.65. The summed E-state index contributed by atoms with van der Waals surface area (Å²) >= 11 is 0. The second-order valence-electron chi connectivity index (χ2n) is 15.3. The van der Waals surface area contributed by atoms with Crippen LogP contribution in [0.25, 0.3) is 98.1 Å². The van der Waals surface area contributed by atoms with Gasteiger partial charge in [-0.2, -0.15) is 0 Å². The Hall–Kier alpha value is -7.68. The number of furan rings is 1. The highest BCUT2D eigenvalue weighted by atomic mass is 16.3. The zero-order chi connectivity index (χ0) is 38.2. The zero-order valence-corrected chi connectivity index (χ0v) is 31.6. The molecule has 58 heavy (non-hydrogen) atoms. The summed E-state index contributed by atoms with van der Waals surface area (Å²) in [6.07, 6.45) is 0. The van der Waals surface area contributed by atoms with Gasteiger partial charge in [0, 0.05) is 27.4 Å². The molecule has 270 valence electrons. The van der Waals surface area contributed by atoms with Crippen LogP contribution in [0.2, 0.25) is 0 Å². The Kier molecular flexibility index (Phi) is 7.26. The van der Waals surface area contributed by atoms with Crippen molar-refractivity contribution >= 4 is 92.9 Å². The molecule has 0 N–H and O–H groups in total. The highest BCUT2D eigenvalue weighted by Gasteiger charge is 2.21. The smallest absolute Gasteiger partial charge is 0.136 e. The molecule has 1 aromatic heterocycles. The first-order valence-electron chi connectivity index (χ1n) is 19.9. The van der Waals surface area contributed by atoms with Gasteiger partial charge in [-0.3, -0.25) is 0 Å². The van der Waals surface area contributed by atoms with Gasteiger partial charge in [0.15, 0.2) is 0 Å². The van der Waals surface area contributed by atoms with Crippen LogP contribution < -0.4 is 4.90 Å². The molecule has 0 saturated heterocycles. The maximum absolute atomic E-state index is 6.44. The molecule has 11 aromatic carbocycles. The Bertz CT molecular complexity index is 3580. The van der Waals surface area contributed by atoms with E-state index in [1.165, 1.54) is 65.0 Å². The number of anilines is 3. The van der Waals surface area contributed by atoms with Crippen LogP contribution in [0.5, 0.6) is 0 Å². The van der Waals surface area contributed by atoms with Crippen LogP contribution in [0.1, 0.15) is 0 Å². The predicted octanol–water partition coefficient (Wildman–Crippen LogP) is 16.2. The largest absolute Gasteiger partial charge is 0.456 e. The Balaban J connectivity index is 1.06. The first-order chi connectivity index (χ1) is 28.7. The van der Waals surface area contributed by atoms with E-state index in [1.807, 2.05) is 0 Å². The molecule has 12 aromatic rings. The quantitative estimate of drug-likeness (QED) is 0.164. The number of nitrogens with zero attached hydrogens (tertiary/aromatic N) is 1. The van der Waals surface area contributed by atoms with Gasteiger partial charge in [-0.25, -0.2) is 0 Å². The summed E-state index contributed by atoms with van der Waals surface area (Å²) in [4.78, 5) is 2.44. The van der Waals surface area contributed by atoms with E-state index < -0.39 is 0 Å². The number of hydrogen-bond acceptors (Lipinski definition) is 2. The van der Waals surface area contributed by atoms with Crippen molar-refractivity contribution in [1.29, 1.82) is 0 Å². The van der Waals surface area contributed by atoms with Crippen molar-refractivity contribution in [3.63, 3.8) is 0 Å². The van der Waals surface area contributed by atoms with E-state index >= 15 is 0 Å². The van der Waals surface area contributed by atoms with Crippen molar-refractivity contribution in [3.8, 4) is 22.3 Å². The number of rotatable bonds is 5. The third-order valence-electron chi connectivity index (χ3n) is 12.0. The van der Waals surface area contributed by atoms with Gasteiger partial charge in [0.25, 0.3) is 0 Å². The van der Waals surface area contributed by atoms with E-state index in [2.05, 4.69) is 217 Å². The second kappa shape index (κ2) is 12.9. The molecule has 0 aliphatic heterocycles. The minimum atomic E-state index is 0.890. The van der Waals surface area contributed by atoms with E-state index in [9.17, 15) is 0 Å². The average molecular weight is 738 g/mol. The van der Waals surface area contributed by atoms with Crippen LogP contribution in [-0.4, -0.2) is 0 Å². The summed E-state index contributed by atoms with van der Waals surface area (Å²) in [6.45, 7) is 0. The molecule has 0 saturated carbocycles. The monoisotopic (exact) mass is 737 g/mol. The summed E-state index contributed by atoms with van der Waals surface area (Å²) in [7, 11) is 0. The van der Waals surface area contributed by atoms with Crippen LogP contribution >= 0.6 is 0 Å². The lowest BCUT2D eigenvalue weighted by atomic mass is 9.94. The predicted molar refractivity (Wildman–Crippen MR) is 247 cm³/mol. The third kappa shape index (κ3) is 5.12. The number of para-hydroxylation sites is 1. The van der Waals surface area contributed by atoms with Gasteiger partial charge in [0.1, 0.15) is 11.2 Å². The first kappa shape index (κ1) is 32.6. The second-order valence-corrected chi connectivity index (χ2v) is 15.3. The maximum Gasteiger partial charge on any atom is 0.136 e. The minimum absolute atomic E-state index is 0.890. The summed E-state index contributed by atoms with van der Waals surface area (Å²) < 4.78 is 6.44. The Morgan fingerprint density at radius 3 is 1.60 bits per heavy atom. The lowest BCUT2D eigenvalue weighted by Crippen LogP contribution is -2.11. The highest BCUT2D eigenvalue weighted by Crippen LogP contribution is 2.46. The minimum Gasteiger partial charge on any atom is -0.456 e. The van der Waals surface area contributed by atoms with Crippen molar-refractivity contribution in [3.05, 3.63) is 212 Å². The van der Waals surface area contributed by atoms with Gasteiger partial charge in [0.2, 0.25) is 0 Å². The van der Waals surface area contributed by atoms with Crippen molar-refractivity contribution < 1.29 is 4.42 Å². The molecule has 0 atom stereocenters. The molecule has 0 spiro atoms. The first-order valence-corrected chi connectivity index (χ1v) is 19.9. The molecule has 2 heteroatoms. The van der Waals surface area contributed by atoms with Crippen molar-refractivity contribution in [2.45, 2.75) is 0 Å². The normalized spacial score (nSPS) is 11.8. The molecule has 0 amide bonds. The van der Waals surface area contributed by atoms with Crippen molar-refractivity contribution in [2.75, 3.05) is 4.90 Å². The van der Waals surface area contributed by atoms with Gasteiger partial charge >= 0.3 is 0 Å². The van der Waals surface area contributed by atoms with E-state index in [0.29, 0.717) is 0 Å². The lowest BCUT2D eigenvalue weighted by Gasteiger charge is -2.29. The van der Waals surface area contributed by atoms with Crippen LogP contribution in [0, 0.1) is 0 Å². The molecular formula is C56H35NO. The van der Waals surface area contributed by atoms with Crippen molar-refractivity contribution in [2.24, 2.45) is 0 Å². The SMILES string of the molecule is c1ccc(N(c2ccc(-c3cccc4c3ccc3ccccc34)cc2)c2cccc3c2ccc2ccccc23)c(-c2ccc3oc4cc5ccccc5cc4c3c2)c1. The van der Waals surface area contributed by atoms with Crippen LogP contribution in [0.4, 0.5) is 17.1 Å². The standard InChI is InChI=1S/C56H35NO/c1-2-14-40-35-56-52(33-39(40)13-1)51-34-41(27-32-55(51)58-56)46-17-7-8-21-53(46)57(54-22-10-20-48-44-16-6-4-12-37(44)26-31-50(48)54)42-28-23-38(24-29-42)45-18-9-19-47-43-15-5-3-11-36(43)25-30-49(45)47/h1-35H. The molecule has 12 rings (SSSR count). The molecule has 0 radical (unpaired) electrons. The molecular weight excluding hydrogens is 703 g/mol. The molecule has 0 aliphatic rings. The Morgan fingerprint density at radius 2 is 0.828 bits per heavy atom. The fraction of sp³-hybridized carbons (Fsp3) is 0. The van der Waals surface area contributed by atoms with E-state index in [-0.39, 0.29) is 0 Å². The van der Waals surface area contributed by atoms with E-state index in [0.717, 1.165) is 50.1 Å². The van der Waals surface area contributed by atoms with E-state index in [1.54, 1.807) is 0 Å². The Labute approximate surface area is 335 Å². The van der Waals surface area contributed by atoms with Gasteiger partial charge in [-0.05, 0) is 114 Å². The molecule has 0 bridgehead atoms. The number of benzene rings is 11. The molecule has 0 fully saturated rings. The molecule has 0 aliphatic carbocycles. The Morgan fingerprint density at radius 1 is 0.276 bits per heavy atom. The number of hydrogen-bond donors (Lipinski definition) is 0. The summed E-state index contributed by atoms with van der Waals surface area (Å²) in [5.74, 6) is 0. The van der Waals surface area contributed by atoms with E-state index in [4.69, 9.17) is 4.42 Å². The fourth-order valence-corrected chi connectivity index (χ4v) is 9.25.